The second-order valence-electron chi connectivity index (χ2n) is 6.45. The summed E-state index contributed by atoms with van der Waals surface area (Å²) in [6, 6.07) is 7.48. The van der Waals surface area contributed by atoms with Gasteiger partial charge in [-0.3, -0.25) is 4.79 Å². The first-order valence-corrected chi connectivity index (χ1v) is 8.06. The number of ether oxygens (including phenoxy) is 1. The van der Waals surface area contributed by atoms with Gasteiger partial charge in [-0.05, 0) is 29.4 Å². The first-order chi connectivity index (χ1) is 10.9. The number of carbonyl (C=O) groups excluding carboxylic acids is 1. The predicted octanol–water partition coefficient (Wildman–Crippen LogP) is 2.52. The number of hydrogen-bond acceptors (Lipinski definition) is 3. The van der Waals surface area contributed by atoms with Crippen molar-refractivity contribution >= 4 is 11.9 Å². The fraction of sp³-hybridized carbons (Fsp3) is 0.556. The van der Waals surface area contributed by atoms with Gasteiger partial charge in [-0.15, -0.1) is 0 Å². The lowest BCUT2D eigenvalue weighted by atomic mass is 10.00. The van der Waals surface area contributed by atoms with E-state index >= 15 is 0 Å². The van der Waals surface area contributed by atoms with E-state index in [0.717, 1.165) is 12.0 Å². The van der Waals surface area contributed by atoms with E-state index in [1.54, 1.807) is 0 Å². The van der Waals surface area contributed by atoms with E-state index in [1.165, 1.54) is 12.7 Å². The number of amides is 1. The second kappa shape index (κ2) is 7.59. The molecule has 2 N–H and O–H groups in total. The van der Waals surface area contributed by atoms with Gasteiger partial charge in [0.1, 0.15) is 6.04 Å². The van der Waals surface area contributed by atoms with Crippen LogP contribution in [-0.2, 0) is 14.3 Å². The molecule has 1 aliphatic carbocycles. The van der Waals surface area contributed by atoms with Crippen LogP contribution >= 0.6 is 0 Å². The van der Waals surface area contributed by atoms with Gasteiger partial charge in [0, 0.05) is 26.1 Å². The topological polar surface area (TPSA) is 75.6 Å². The van der Waals surface area contributed by atoms with Gasteiger partial charge in [-0.25, -0.2) is 4.79 Å². The number of carboxylic acids is 1. The van der Waals surface area contributed by atoms with E-state index in [4.69, 9.17) is 9.84 Å². The summed E-state index contributed by atoms with van der Waals surface area (Å²) in [5.74, 6) is -0.628. The summed E-state index contributed by atoms with van der Waals surface area (Å²) < 4.78 is 4.89. The van der Waals surface area contributed by atoms with Crippen LogP contribution in [0.4, 0.5) is 0 Å². The number of benzene rings is 1. The lowest BCUT2D eigenvalue weighted by Crippen LogP contribution is -2.42. The highest BCUT2D eigenvalue weighted by Crippen LogP contribution is 2.47. The number of methoxy groups -OCH3 is 1. The minimum atomic E-state index is -1.02. The van der Waals surface area contributed by atoms with E-state index < -0.39 is 12.0 Å². The summed E-state index contributed by atoms with van der Waals surface area (Å²) in [7, 11) is 1.51. The van der Waals surface area contributed by atoms with Crippen molar-refractivity contribution < 1.29 is 19.4 Å². The zero-order chi connectivity index (χ0) is 17.0. The van der Waals surface area contributed by atoms with Gasteiger partial charge in [0.05, 0.1) is 0 Å². The lowest BCUT2D eigenvalue weighted by Gasteiger charge is -2.14. The van der Waals surface area contributed by atoms with Crippen LogP contribution in [0.3, 0.4) is 0 Å². The van der Waals surface area contributed by atoms with Gasteiger partial charge in [0.2, 0.25) is 5.91 Å². The van der Waals surface area contributed by atoms with Crippen LogP contribution in [-0.4, -0.2) is 36.7 Å². The molecule has 3 atom stereocenters. The highest BCUT2D eigenvalue weighted by molar-refractivity contribution is 5.87. The first kappa shape index (κ1) is 17.5. The van der Waals surface area contributed by atoms with E-state index in [9.17, 15) is 9.59 Å². The highest BCUT2D eigenvalue weighted by Gasteiger charge is 2.44. The van der Waals surface area contributed by atoms with Crippen LogP contribution in [0.25, 0.3) is 0 Å². The van der Waals surface area contributed by atoms with Crippen molar-refractivity contribution in [3.8, 4) is 0 Å². The normalized spacial score (nSPS) is 21.0. The number of carbonyl (C=O) groups is 2. The molecule has 0 aliphatic heterocycles. The van der Waals surface area contributed by atoms with Gasteiger partial charge in [-0.1, -0.05) is 38.1 Å². The Morgan fingerprint density at radius 2 is 1.96 bits per heavy atom. The molecule has 0 heterocycles. The number of hydrogen-bond donors (Lipinski definition) is 2. The zero-order valence-corrected chi connectivity index (χ0v) is 13.9. The Morgan fingerprint density at radius 3 is 2.48 bits per heavy atom. The molecule has 5 heteroatoms. The summed E-state index contributed by atoms with van der Waals surface area (Å²) >= 11 is 0. The third-order valence-electron chi connectivity index (χ3n) is 4.38. The summed E-state index contributed by atoms with van der Waals surface area (Å²) in [6.45, 7) is 4.60. The van der Waals surface area contributed by atoms with Crippen molar-refractivity contribution in [2.24, 2.45) is 5.92 Å². The smallest absolute Gasteiger partial charge is 0.326 e. The molecular weight excluding hydrogens is 294 g/mol. The van der Waals surface area contributed by atoms with Crippen molar-refractivity contribution in [1.29, 1.82) is 0 Å². The Labute approximate surface area is 137 Å². The van der Waals surface area contributed by atoms with E-state index in [0.29, 0.717) is 12.5 Å². The summed E-state index contributed by atoms with van der Waals surface area (Å²) in [6.07, 6.45) is 1.06. The maximum Gasteiger partial charge on any atom is 0.326 e. The van der Waals surface area contributed by atoms with Crippen LogP contribution in [0.5, 0.6) is 0 Å². The molecule has 1 aromatic carbocycles. The van der Waals surface area contributed by atoms with Crippen molar-refractivity contribution in [1.82, 2.24) is 5.32 Å². The SMILES string of the molecule is COCCC(NC(=O)C1CC1c1ccc(C(C)C)cc1)C(=O)O. The quantitative estimate of drug-likeness (QED) is 0.772. The molecule has 126 valence electrons. The molecule has 0 saturated heterocycles. The molecule has 2 rings (SSSR count). The number of rotatable bonds is 8. The highest BCUT2D eigenvalue weighted by atomic mass is 16.5. The van der Waals surface area contributed by atoms with Gasteiger partial charge < -0.3 is 15.2 Å². The molecule has 0 bridgehead atoms. The van der Waals surface area contributed by atoms with E-state index in [2.05, 4.69) is 43.4 Å². The molecule has 1 aromatic rings. The van der Waals surface area contributed by atoms with Crippen molar-refractivity contribution in [3.05, 3.63) is 35.4 Å². The summed E-state index contributed by atoms with van der Waals surface area (Å²) in [4.78, 5) is 23.4. The number of carboxylic acid groups (broad SMARTS) is 1. The monoisotopic (exact) mass is 319 g/mol. The summed E-state index contributed by atoms with van der Waals surface area (Å²) in [5, 5.41) is 11.8. The lowest BCUT2D eigenvalue weighted by molar-refractivity contribution is -0.142. The average molecular weight is 319 g/mol. The number of nitrogens with one attached hydrogen (secondary N) is 1. The molecule has 0 aromatic heterocycles. The minimum absolute atomic E-state index is 0.121. The largest absolute Gasteiger partial charge is 0.480 e. The maximum absolute atomic E-state index is 12.2. The van der Waals surface area contributed by atoms with Gasteiger partial charge in [0.25, 0.3) is 0 Å². The van der Waals surface area contributed by atoms with Crippen LogP contribution in [0.1, 0.15) is 49.7 Å². The standard InChI is InChI=1S/C18H25NO4/c1-11(2)12-4-6-13(7-5-12)14-10-15(14)17(20)19-16(18(21)22)8-9-23-3/h4-7,11,14-16H,8-10H2,1-3H3,(H,19,20)(H,21,22). The second-order valence-corrected chi connectivity index (χ2v) is 6.45. The Balaban J connectivity index is 1.91. The fourth-order valence-electron chi connectivity index (χ4n) is 2.75. The molecule has 1 saturated carbocycles. The molecule has 1 amide bonds. The van der Waals surface area contributed by atoms with Crippen LogP contribution in [0.2, 0.25) is 0 Å². The summed E-state index contributed by atoms with van der Waals surface area (Å²) in [5.41, 5.74) is 2.43. The molecule has 1 fully saturated rings. The fourth-order valence-corrected chi connectivity index (χ4v) is 2.75. The van der Waals surface area contributed by atoms with Crippen molar-refractivity contribution in [3.63, 3.8) is 0 Å². The molecule has 3 unspecified atom stereocenters. The Hall–Kier alpha value is -1.88. The van der Waals surface area contributed by atoms with Gasteiger partial charge >= 0.3 is 5.97 Å². The van der Waals surface area contributed by atoms with Crippen molar-refractivity contribution in [2.75, 3.05) is 13.7 Å². The van der Waals surface area contributed by atoms with Crippen LogP contribution < -0.4 is 5.32 Å². The Kier molecular flexibility index (Phi) is 5.77. The van der Waals surface area contributed by atoms with E-state index in [-0.39, 0.29) is 24.2 Å². The zero-order valence-electron chi connectivity index (χ0n) is 13.9. The van der Waals surface area contributed by atoms with Gasteiger partial charge in [-0.2, -0.15) is 0 Å². The Morgan fingerprint density at radius 1 is 1.30 bits per heavy atom. The molecular formula is C18H25NO4. The predicted molar refractivity (Wildman–Crippen MR) is 87.4 cm³/mol. The molecule has 0 spiro atoms. The molecule has 1 aliphatic rings. The average Bonchev–Trinajstić information content (AvgIpc) is 3.31. The van der Waals surface area contributed by atoms with Crippen LogP contribution in [0.15, 0.2) is 24.3 Å². The molecule has 5 nitrogen and oxygen atoms in total. The van der Waals surface area contributed by atoms with E-state index in [1.807, 2.05) is 0 Å². The van der Waals surface area contributed by atoms with Gasteiger partial charge in [0.15, 0.2) is 0 Å². The first-order valence-electron chi connectivity index (χ1n) is 8.06. The third-order valence-corrected chi connectivity index (χ3v) is 4.38. The maximum atomic E-state index is 12.2. The Bertz CT molecular complexity index is 553. The number of aliphatic carboxylic acids is 1. The van der Waals surface area contributed by atoms with Crippen LogP contribution in [0, 0.1) is 5.92 Å². The third kappa shape index (κ3) is 4.55. The van der Waals surface area contributed by atoms with Crippen molar-refractivity contribution in [2.45, 2.75) is 44.6 Å². The molecule has 0 radical (unpaired) electrons. The minimum Gasteiger partial charge on any atom is -0.480 e. The molecule has 23 heavy (non-hydrogen) atoms.